The lowest BCUT2D eigenvalue weighted by atomic mass is 10.3. The number of fused-ring (bicyclic) bond motifs is 1. The van der Waals surface area contributed by atoms with Gasteiger partial charge in [0.2, 0.25) is 0 Å². The molecule has 0 bridgehead atoms. The Morgan fingerprint density at radius 1 is 1.31 bits per heavy atom. The fourth-order valence-corrected chi connectivity index (χ4v) is 1.07. The summed E-state index contributed by atoms with van der Waals surface area (Å²) in [5, 5.41) is 7.42. The van der Waals surface area contributed by atoms with Crippen LogP contribution in [0, 0.1) is 0 Å². The average Bonchev–Trinajstić information content (AvgIpc) is 2.61. The zero-order valence-electron chi connectivity index (χ0n) is 7.36. The first kappa shape index (κ1) is 8.04. The molecule has 2 rings (SSSR count). The topological polar surface area (TPSA) is 48.2 Å². The van der Waals surface area contributed by atoms with Crippen molar-refractivity contribution in [2.24, 2.45) is 0 Å². The molecule has 0 aliphatic carbocycles. The predicted molar refractivity (Wildman–Crippen MR) is 47.6 cm³/mol. The SMILES string of the molecule is CCCOc1ccc2nonc2c1. The van der Waals surface area contributed by atoms with E-state index in [2.05, 4.69) is 21.9 Å². The molecule has 4 nitrogen and oxygen atoms in total. The van der Waals surface area contributed by atoms with Crippen molar-refractivity contribution in [2.45, 2.75) is 13.3 Å². The van der Waals surface area contributed by atoms with Crippen molar-refractivity contribution in [1.29, 1.82) is 0 Å². The van der Waals surface area contributed by atoms with Gasteiger partial charge in [-0.3, -0.25) is 0 Å². The van der Waals surface area contributed by atoms with Gasteiger partial charge >= 0.3 is 0 Å². The molecule has 0 spiro atoms. The monoisotopic (exact) mass is 178 g/mol. The summed E-state index contributed by atoms with van der Waals surface area (Å²) in [4.78, 5) is 0. The highest BCUT2D eigenvalue weighted by atomic mass is 16.6. The van der Waals surface area contributed by atoms with Crippen LogP contribution < -0.4 is 4.74 Å². The molecule has 1 heterocycles. The van der Waals surface area contributed by atoms with Crippen LogP contribution in [0.1, 0.15) is 13.3 Å². The Labute approximate surface area is 75.5 Å². The number of hydrogen-bond acceptors (Lipinski definition) is 4. The van der Waals surface area contributed by atoms with Gasteiger partial charge in [0.25, 0.3) is 0 Å². The van der Waals surface area contributed by atoms with Crippen LogP contribution in [0.25, 0.3) is 11.0 Å². The normalized spacial score (nSPS) is 10.5. The second-order valence-electron chi connectivity index (χ2n) is 2.76. The van der Waals surface area contributed by atoms with Crippen molar-refractivity contribution in [3.63, 3.8) is 0 Å². The van der Waals surface area contributed by atoms with Gasteiger partial charge in [-0.15, -0.1) is 0 Å². The Morgan fingerprint density at radius 2 is 2.15 bits per heavy atom. The van der Waals surface area contributed by atoms with E-state index in [4.69, 9.17) is 4.74 Å². The Morgan fingerprint density at radius 3 is 3.00 bits per heavy atom. The van der Waals surface area contributed by atoms with E-state index in [0.717, 1.165) is 29.8 Å². The van der Waals surface area contributed by atoms with E-state index < -0.39 is 0 Å². The summed E-state index contributed by atoms with van der Waals surface area (Å²) in [5.74, 6) is 0.810. The first-order valence-corrected chi connectivity index (χ1v) is 4.25. The molecule has 1 aromatic heterocycles. The zero-order chi connectivity index (χ0) is 9.10. The molecule has 1 aromatic carbocycles. The molecule has 2 aromatic rings. The van der Waals surface area contributed by atoms with Crippen molar-refractivity contribution < 1.29 is 9.37 Å². The highest BCUT2D eigenvalue weighted by molar-refractivity contribution is 5.74. The Kier molecular flexibility index (Phi) is 2.12. The van der Waals surface area contributed by atoms with Crippen molar-refractivity contribution in [1.82, 2.24) is 10.3 Å². The summed E-state index contributed by atoms with van der Waals surface area (Å²) in [6.45, 7) is 2.78. The fraction of sp³-hybridized carbons (Fsp3) is 0.333. The maximum Gasteiger partial charge on any atom is 0.138 e. The van der Waals surface area contributed by atoms with Gasteiger partial charge in [-0.2, -0.15) is 0 Å². The second-order valence-corrected chi connectivity index (χ2v) is 2.76. The van der Waals surface area contributed by atoms with Crippen molar-refractivity contribution in [3.8, 4) is 5.75 Å². The van der Waals surface area contributed by atoms with Gasteiger partial charge in [0.05, 0.1) is 6.61 Å². The summed E-state index contributed by atoms with van der Waals surface area (Å²) in [6.07, 6.45) is 0.995. The van der Waals surface area contributed by atoms with Crippen LogP contribution in [0.2, 0.25) is 0 Å². The van der Waals surface area contributed by atoms with Gasteiger partial charge in [-0.25, -0.2) is 4.63 Å². The van der Waals surface area contributed by atoms with E-state index in [-0.39, 0.29) is 0 Å². The van der Waals surface area contributed by atoms with Gasteiger partial charge in [0.1, 0.15) is 16.8 Å². The molecule has 0 radical (unpaired) electrons. The molecule has 68 valence electrons. The summed E-state index contributed by atoms with van der Waals surface area (Å²) < 4.78 is 9.99. The van der Waals surface area contributed by atoms with E-state index in [0.29, 0.717) is 0 Å². The van der Waals surface area contributed by atoms with E-state index in [9.17, 15) is 0 Å². The molecule has 0 unspecified atom stereocenters. The highest BCUT2D eigenvalue weighted by Gasteiger charge is 2.01. The number of hydrogen-bond donors (Lipinski definition) is 0. The molecule has 0 amide bonds. The van der Waals surface area contributed by atoms with Crippen LogP contribution in [0.5, 0.6) is 5.75 Å². The maximum atomic E-state index is 5.42. The van der Waals surface area contributed by atoms with Crippen LogP contribution >= 0.6 is 0 Å². The van der Waals surface area contributed by atoms with Crippen molar-refractivity contribution in [3.05, 3.63) is 18.2 Å². The number of ether oxygens (including phenoxy) is 1. The first-order valence-electron chi connectivity index (χ1n) is 4.25. The van der Waals surface area contributed by atoms with E-state index in [1.165, 1.54) is 0 Å². The van der Waals surface area contributed by atoms with Crippen LogP contribution in [-0.4, -0.2) is 16.9 Å². The maximum absolute atomic E-state index is 5.42. The molecule has 0 N–H and O–H groups in total. The lowest BCUT2D eigenvalue weighted by Gasteiger charge is -2.02. The van der Waals surface area contributed by atoms with E-state index >= 15 is 0 Å². The van der Waals surface area contributed by atoms with Crippen molar-refractivity contribution >= 4 is 11.0 Å². The molecule has 0 aliphatic heterocycles. The zero-order valence-corrected chi connectivity index (χ0v) is 7.36. The molecule has 0 fully saturated rings. The minimum absolute atomic E-state index is 0.719. The lowest BCUT2D eigenvalue weighted by Crippen LogP contribution is -1.94. The number of aromatic nitrogens is 2. The molecule has 0 saturated heterocycles. The molecular weight excluding hydrogens is 168 g/mol. The van der Waals surface area contributed by atoms with Crippen LogP contribution in [0.4, 0.5) is 0 Å². The fourth-order valence-electron chi connectivity index (χ4n) is 1.07. The highest BCUT2D eigenvalue weighted by Crippen LogP contribution is 2.17. The third-order valence-electron chi connectivity index (χ3n) is 1.70. The largest absolute Gasteiger partial charge is 0.494 e. The predicted octanol–water partition coefficient (Wildman–Crippen LogP) is 2.01. The Bertz CT molecular complexity index is 397. The third kappa shape index (κ3) is 1.61. The lowest BCUT2D eigenvalue weighted by molar-refractivity contribution is 0.313. The second kappa shape index (κ2) is 3.43. The van der Waals surface area contributed by atoms with Crippen LogP contribution in [0.15, 0.2) is 22.8 Å². The number of benzene rings is 1. The van der Waals surface area contributed by atoms with Gasteiger partial charge in [-0.05, 0) is 28.9 Å². The standard InChI is InChI=1S/C9H10N2O2/c1-2-5-12-7-3-4-8-9(6-7)11-13-10-8/h3-4,6H,2,5H2,1H3. The van der Waals surface area contributed by atoms with Gasteiger partial charge in [-0.1, -0.05) is 6.92 Å². The molecular formula is C9H10N2O2. The summed E-state index contributed by atoms with van der Waals surface area (Å²) in [5.41, 5.74) is 1.48. The molecule has 13 heavy (non-hydrogen) atoms. The van der Waals surface area contributed by atoms with Gasteiger partial charge < -0.3 is 4.74 Å². The average molecular weight is 178 g/mol. The first-order chi connectivity index (χ1) is 6.40. The van der Waals surface area contributed by atoms with E-state index in [1.54, 1.807) is 0 Å². The minimum Gasteiger partial charge on any atom is -0.494 e. The quantitative estimate of drug-likeness (QED) is 0.721. The minimum atomic E-state index is 0.719. The molecule has 0 aliphatic rings. The molecule has 4 heteroatoms. The molecule has 0 saturated carbocycles. The van der Waals surface area contributed by atoms with Crippen LogP contribution in [0.3, 0.4) is 0 Å². The number of rotatable bonds is 3. The number of nitrogens with zero attached hydrogens (tertiary/aromatic N) is 2. The van der Waals surface area contributed by atoms with E-state index in [1.807, 2.05) is 18.2 Å². The smallest absolute Gasteiger partial charge is 0.138 e. The van der Waals surface area contributed by atoms with Gasteiger partial charge in [0, 0.05) is 6.07 Å². The van der Waals surface area contributed by atoms with Crippen LogP contribution in [-0.2, 0) is 0 Å². The summed E-state index contributed by atoms with van der Waals surface area (Å²) >= 11 is 0. The molecule has 0 atom stereocenters. The Balaban J connectivity index is 2.26. The summed E-state index contributed by atoms with van der Waals surface area (Å²) in [6, 6.07) is 5.51. The third-order valence-corrected chi connectivity index (χ3v) is 1.70. The Hall–Kier alpha value is -1.58. The summed E-state index contributed by atoms with van der Waals surface area (Å²) in [7, 11) is 0. The van der Waals surface area contributed by atoms with Crippen molar-refractivity contribution in [2.75, 3.05) is 6.61 Å². The van der Waals surface area contributed by atoms with Gasteiger partial charge in [0.15, 0.2) is 0 Å².